The highest BCUT2D eigenvalue weighted by molar-refractivity contribution is 5.98. The van der Waals surface area contributed by atoms with E-state index in [9.17, 15) is 4.79 Å². The van der Waals surface area contributed by atoms with Crippen molar-refractivity contribution >= 4 is 17.3 Å². The molecule has 2 aromatic heterocycles. The zero-order valence-electron chi connectivity index (χ0n) is 10.2. The van der Waals surface area contributed by atoms with E-state index in [1.807, 2.05) is 6.07 Å². The third-order valence-corrected chi connectivity index (χ3v) is 2.82. The maximum absolute atomic E-state index is 10.9. The summed E-state index contributed by atoms with van der Waals surface area (Å²) in [6.45, 7) is 0. The average Bonchev–Trinajstić information content (AvgIpc) is 2.98. The lowest BCUT2D eigenvalue weighted by Crippen LogP contribution is -1.90. The number of pyridine rings is 1. The highest BCUT2D eigenvalue weighted by Crippen LogP contribution is 2.31. The zero-order chi connectivity index (χ0) is 13.9. The Hall–Kier alpha value is -3.13. The van der Waals surface area contributed by atoms with Crippen molar-refractivity contribution in [1.82, 2.24) is 4.98 Å². The Morgan fingerprint density at radius 3 is 2.85 bits per heavy atom. The summed E-state index contributed by atoms with van der Waals surface area (Å²) in [5.41, 5.74) is 1.48. The van der Waals surface area contributed by atoms with E-state index in [1.165, 1.54) is 12.5 Å². The first kappa shape index (κ1) is 11.9. The first-order valence-corrected chi connectivity index (χ1v) is 5.81. The number of hydrogen-bond donors (Lipinski definition) is 0. The fraction of sp³-hybridized carbons (Fsp3) is 0. The summed E-state index contributed by atoms with van der Waals surface area (Å²) < 4.78 is 11.0. The molecule has 0 aliphatic heterocycles. The first-order valence-electron chi connectivity index (χ1n) is 5.81. The van der Waals surface area contributed by atoms with Gasteiger partial charge in [-0.1, -0.05) is 0 Å². The molecule has 0 aliphatic carbocycles. The van der Waals surface area contributed by atoms with E-state index in [0.717, 1.165) is 6.29 Å². The van der Waals surface area contributed by atoms with Crippen LogP contribution in [-0.4, -0.2) is 11.3 Å². The van der Waals surface area contributed by atoms with Crippen LogP contribution in [0.2, 0.25) is 0 Å². The van der Waals surface area contributed by atoms with Gasteiger partial charge in [-0.3, -0.25) is 4.79 Å². The second-order valence-electron chi connectivity index (χ2n) is 4.03. The van der Waals surface area contributed by atoms with Gasteiger partial charge in [0.25, 0.3) is 0 Å². The minimum Gasteiger partial charge on any atom is -0.460 e. The summed E-state index contributed by atoms with van der Waals surface area (Å²) in [5, 5.41) is 9.40. The van der Waals surface area contributed by atoms with Crippen molar-refractivity contribution in [3.63, 3.8) is 0 Å². The fourth-order valence-electron chi connectivity index (χ4n) is 1.86. The molecule has 0 aliphatic rings. The molecular formula is C15H8N2O3. The van der Waals surface area contributed by atoms with E-state index in [-0.39, 0.29) is 0 Å². The monoisotopic (exact) mass is 264 g/mol. The quantitative estimate of drug-likeness (QED) is 0.678. The topological polar surface area (TPSA) is 76.1 Å². The number of nitrogens with zero attached hydrogens (tertiary/aromatic N) is 2. The smallest absolute Gasteiger partial charge is 0.219 e. The van der Waals surface area contributed by atoms with Crippen molar-refractivity contribution in [1.29, 1.82) is 5.26 Å². The number of carbonyl (C=O) groups is 1. The number of hydrogen-bond acceptors (Lipinski definition) is 5. The Balaban J connectivity index is 2.00. The third kappa shape index (κ3) is 1.99. The molecule has 0 radical (unpaired) electrons. The van der Waals surface area contributed by atoms with Crippen LogP contribution in [-0.2, 0) is 0 Å². The van der Waals surface area contributed by atoms with E-state index in [4.69, 9.17) is 14.4 Å². The minimum atomic E-state index is 0.348. The Bertz CT molecular complexity index is 813. The molecule has 3 rings (SSSR count). The molecule has 1 aromatic carbocycles. The number of carbonyl (C=O) groups excluding carboxylic acids is 1. The lowest BCUT2D eigenvalue weighted by molar-refractivity contribution is 0.112. The predicted molar refractivity (Wildman–Crippen MR) is 70.6 cm³/mol. The molecular weight excluding hydrogens is 256 g/mol. The standard InChI is InChI=1S/C15H8N2O3/c16-7-10-1-4-14(17-8-10)20-13-3-2-11(9-18)12-5-6-19-15(12)13/h1-6,8-9H. The van der Waals surface area contributed by atoms with Crippen molar-refractivity contribution in [3.05, 3.63) is 53.9 Å². The Kier molecular flexibility index (Phi) is 2.90. The summed E-state index contributed by atoms with van der Waals surface area (Å²) >= 11 is 0. The van der Waals surface area contributed by atoms with Gasteiger partial charge in [0, 0.05) is 23.2 Å². The molecule has 0 saturated heterocycles. The Labute approximate surface area is 114 Å². The molecule has 0 bridgehead atoms. The lowest BCUT2D eigenvalue weighted by Gasteiger charge is -2.05. The van der Waals surface area contributed by atoms with Gasteiger partial charge in [0.1, 0.15) is 6.07 Å². The van der Waals surface area contributed by atoms with Crippen LogP contribution in [0.25, 0.3) is 11.0 Å². The molecule has 0 saturated carbocycles. The van der Waals surface area contributed by atoms with Crippen molar-refractivity contribution in [2.24, 2.45) is 0 Å². The van der Waals surface area contributed by atoms with Crippen molar-refractivity contribution in [2.75, 3.05) is 0 Å². The molecule has 2 heterocycles. The summed E-state index contributed by atoms with van der Waals surface area (Å²) in [7, 11) is 0. The second-order valence-corrected chi connectivity index (χ2v) is 4.03. The largest absolute Gasteiger partial charge is 0.460 e. The van der Waals surface area contributed by atoms with Gasteiger partial charge in [-0.2, -0.15) is 5.26 Å². The van der Waals surface area contributed by atoms with Crippen LogP contribution in [0.1, 0.15) is 15.9 Å². The lowest BCUT2D eigenvalue weighted by atomic mass is 10.1. The van der Waals surface area contributed by atoms with Crippen molar-refractivity contribution in [2.45, 2.75) is 0 Å². The fourth-order valence-corrected chi connectivity index (χ4v) is 1.86. The number of aldehydes is 1. The van der Waals surface area contributed by atoms with E-state index in [0.29, 0.717) is 33.7 Å². The van der Waals surface area contributed by atoms with Crippen LogP contribution in [0.4, 0.5) is 0 Å². The first-order chi connectivity index (χ1) is 9.81. The third-order valence-electron chi connectivity index (χ3n) is 2.82. The maximum Gasteiger partial charge on any atom is 0.219 e. The Morgan fingerprint density at radius 1 is 1.25 bits per heavy atom. The van der Waals surface area contributed by atoms with Crippen LogP contribution in [0.3, 0.4) is 0 Å². The normalized spacial score (nSPS) is 10.2. The van der Waals surface area contributed by atoms with E-state index < -0.39 is 0 Å². The van der Waals surface area contributed by atoms with E-state index >= 15 is 0 Å². The number of fused-ring (bicyclic) bond motifs is 1. The van der Waals surface area contributed by atoms with Crippen LogP contribution >= 0.6 is 0 Å². The molecule has 5 heteroatoms. The van der Waals surface area contributed by atoms with Crippen LogP contribution in [0, 0.1) is 11.3 Å². The molecule has 20 heavy (non-hydrogen) atoms. The number of rotatable bonds is 3. The number of furan rings is 1. The number of nitriles is 1. The Morgan fingerprint density at radius 2 is 2.15 bits per heavy atom. The maximum atomic E-state index is 10.9. The zero-order valence-corrected chi connectivity index (χ0v) is 10.2. The van der Waals surface area contributed by atoms with Gasteiger partial charge in [0.15, 0.2) is 17.6 Å². The molecule has 0 amide bonds. The molecule has 0 unspecified atom stereocenters. The van der Waals surface area contributed by atoms with Gasteiger partial charge in [0.2, 0.25) is 5.88 Å². The van der Waals surface area contributed by atoms with Gasteiger partial charge in [-0.05, 0) is 24.3 Å². The molecule has 0 fully saturated rings. The molecule has 3 aromatic rings. The molecule has 0 N–H and O–H groups in total. The van der Waals surface area contributed by atoms with Crippen LogP contribution < -0.4 is 4.74 Å². The van der Waals surface area contributed by atoms with Gasteiger partial charge in [-0.25, -0.2) is 4.98 Å². The number of benzene rings is 1. The number of ether oxygens (including phenoxy) is 1. The second kappa shape index (κ2) is 4.86. The van der Waals surface area contributed by atoms with Crippen molar-refractivity contribution < 1.29 is 13.9 Å². The summed E-state index contributed by atoms with van der Waals surface area (Å²) in [6.07, 6.45) is 3.69. The SMILES string of the molecule is N#Cc1ccc(Oc2ccc(C=O)c3ccoc23)nc1. The number of aromatic nitrogens is 1. The molecule has 5 nitrogen and oxygen atoms in total. The summed E-state index contributed by atoms with van der Waals surface area (Å²) in [6, 6.07) is 10.2. The average molecular weight is 264 g/mol. The predicted octanol–water partition coefficient (Wildman–Crippen LogP) is 3.30. The summed E-state index contributed by atoms with van der Waals surface area (Å²) in [5.74, 6) is 0.813. The van der Waals surface area contributed by atoms with E-state index in [1.54, 1.807) is 30.3 Å². The van der Waals surface area contributed by atoms with Crippen molar-refractivity contribution in [3.8, 4) is 17.7 Å². The molecule has 0 atom stereocenters. The van der Waals surface area contributed by atoms with E-state index in [2.05, 4.69) is 4.98 Å². The van der Waals surface area contributed by atoms with Gasteiger partial charge in [-0.15, -0.1) is 0 Å². The van der Waals surface area contributed by atoms with Gasteiger partial charge >= 0.3 is 0 Å². The highest BCUT2D eigenvalue weighted by atomic mass is 16.5. The van der Waals surface area contributed by atoms with Crippen LogP contribution in [0.15, 0.2) is 47.2 Å². The highest BCUT2D eigenvalue weighted by Gasteiger charge is 2.11. The van der Waals surface area contributed by atoms with Gasteiger partial charge < -0.3 is 9.15 Å². The molecule has 0 spiro atoms. The minimum absolute atomic E-state index is 0.348. The molecule has 96 valence electrons. The summed E-state index contributed by atoms with van der Waals surface area (Å²) in [4.78, 5) is 15.0. The van der Waals surface area contributed by atoms with Crippen LogP contribution in [0.5, 0.6) is 11.6 Å². The van der Waals surface area contributed by atoms with Gasteiger partial charge in [0.05, 0.1) is 11.8 Å².